The monoisotopic (exact) mass is 238 g/mol. The first-order valence-corrected chi connectivity index (χ1v) is 5.23. The minimum atomic E-state index is 0.444. The summed E-state index contributed by atoms with van der Waals surface area (Å²) in [5, 5.41) is 19.7. The summed E-state index contributed by atoms with van der Waals surface area (Å²) in [4.78, 5) is 0. The summed E-state index contributed by atoms with van der Waals surface area (Å²) in [7, 11) is 3.03. The molecule has 0 unspecified atom stereocenters. The van der Waals surface area contributed by atoms with Gasteiger partial charge in [-0.2, -0.15) is 10.5 Å². The van der Waals surface area contributed by atoms with Gasteiger partial charge in [-0.25, -0.2) is 0 Å². The largest absolute Gasteiger partial charge is 0.495 e. The third-order valence-electron chi connectivity index (χ3n) is 2.72. The highest BCUT2D eigenvalue weighted by Gasteiger charge is 2.09. The smallest absolute Gasteiger partial charge is 0.137 e. The lowest BCUT2D eigenvalue weighted by atomic mass is 10.0. The van der Waals surface area contributed by atoms with Crippen molar-refractivity contribution >= 4 is 10.8 Å². The zero-order valence-electron chi connectivity index (χ0n) is 10.0. The number of ether oxygens (including phenoxy) is 2. The van der Waals surface area contributed by atoms with Gasteiger partial charge < -0.3 is 9.47 Å². The minimum absolute atomic E-state index is 0.444. The lowest BCUT2D eigenvalue weighted by Crippen LogP contribution is -1.91. The molecule has 0 aliphatic carbocycles. The molecule has 0 atom stereocenters. The molecule has 4 nitrogen and oxygen atoms in total. The molecule has 0 fully saturated rings. The molecule has 0 heterocycles. The SMILES string of the molecule is COc1cc2cc(OC)c(C#N)cc2cc1C#N. The third-order valence-corrected chi connectivity index (χ3v) is 2.72. The van der Waals surface area contributed by atoms with Gasteiger partial charge in [0.05, 0.1) is 25.3 Å². The van der Waals surface area contributed by atoms with Crippen LogP contribution in [0.5, 0.6) is 11.5 Å². The molecule has 0 aromatic heterocycles. The Balaban J connectivity index is 2.79. The lowest BCUT2D eigenvalue weighted by Gasteiger charge is -2.08. The van der Waals surface area contributed by atoms with Gasteiger partial charge in [-0.05, 0) is 35.0 Å². The fourth-order valence-corrected chi connectivity index (χ4v) is 1.82. The van der Waals surface area contributed by atoms with Crippen molar-refractivity contribution in [1.82, 2.24) is 0 Å². The van der Waals surface area contributed by atoms with E-state index in [1.165, 1.54) is 14.2 Å². The van der Waals surface area contributed by atoms with Gasteiger partial charge in [0.25, 0.3) is 0 Å². The molecule has 2 aromatic carbocycles. The molecule has 0 radical (unpaired) electrons. The molecule has 0 aliphatic rings. The van der Waals surface area contributed by atoms with Crippen LogP contribution in [0.2, 0.25) is 0 Å². The van der Waals surface area contributed by atoms with Crippen molar-refractivity contribution in [3.63, 3.8) is 0 Å². The van der Waals surface area contributed by atoms with Crippen molar-refractivity contribution in [3.05, 3.63) is 35.4 Å². The summed E-state index contributed by atoms with van der Waals surface area (Å²) in [6, 6.07) is 11.1. The molecular formula is C14H10N2O2. The van der Waals surface area contributed by atoms with Gasteiger partial charge in [0.2, 0.25) is 0 Å². The lowest BCUT2D eigenvalue weighted by molar-refractivity contribution is 0.412. The van der Waals surface area contributed by atoms with E-state index in [-0.39, 0.29) is 0 Å². The van der Waals surface area contributed by atoms with Crippen LogP contribution >= 0.6 is 0 Å². The van der Waals surface area contributed by atoms with Crippen LogP contribution in [-0.4, -0.2) is 14.2 Å². The minimum Gasteiger partial charge on any atom is -0.495 e. The quantitative estimate of drug-likeness (QED) is 0.806. The Hall–Kier alpha value is -2.72. The van der Waals surface area contributed by atoms with Gasteiger partial charge in [-0.3, -0.25) is 0 Å². The van der Waals surface area contributed by atoms with E-state index in [0.717, 1.165) is 10.8 Å². The van der Waals surface area contributed by atoms with Gasteiger partial charge in [0, 0.05) is 0 Å². The van der Waals surface area contributed by atoms with Crippen molar-refractivity contribution in [1.29, 1.82) is 10.5 Å². The Kier molecular flexibility index (Phi) is 3.03. The average Bonchev–Trinajstić information content (AvgIpc) is 2.43. The number of hydrogen-bond donors (Lipinski definition) is 0. The number of hydrogen-bond acceptors (Lipinski definition) is 4. The standard InChI is InChI=1S/C14H10N2O2/c1-17-13-5-10-6-14(18-2)12(8-16)4-9(10)3-11(13)7-15/h3-6H,1-2H3. The number of rotatable bonds is 2. The van der Waals surface area contributed by atoms with Crippen LogP contribution in [0.4, 0.5) is 0 Å². The van der Waals surface area contributed by atoms with Crippen LogP contribution in [0.25, 0.3) is 10.8 Å². The van der Waals surface area contributed by atoms with Crippen LogP contribution in [-0.2, 0) is 0 Å². The second kappa shape index (κ2) is 4.65. The normalized spacial score (nSPS) is 9.56. The van der Waals surface area contributed by atoms with Gasteiger partial charge in [-0.1, -0.05) is 0 Å². The molecule has 18 heavy (non-hydrogen) atoms. The number of benzene rings is 2. The van der Waals surface area contributed by atoms with Gasteiger partial charge >= 0.3 is 0 Å². The first-order chi connectivity index (χ1) is 8.73. The van der Waals surface area contributed by atoms with Gasteiger partial charge in [0.15, 0.2) is 0 Å². The predicted octanol–water partition coefficient (Wildman–Crippen LogP) is 2.60. The molecule has 0 amide bonds. The van der Waals surface area contributed by atoms with Crippen LogP contribution in [0.1, 0.15) is 11.1 Å². The molecule has 0 N–H and O–H groups in total. The molecule has 2 rings (SSSR count). The van der Waals surface area contributed by atoms with Crippen LogP contribution < -0.4 is 9.47 Å². The molecule has 0 spiro atoms. The molecule has 88 valence electrons. The summed E-state index contributed by atoms with van der Waals surface area (Å²) in [6.07, 6.45) is 0. The van der Waals surface area contributed by atoms with E-state index in [0.29, 0.717) is 22.6 Å². The van der Waals surface area contributed by atoms with E-state index >= 15 is 0 Å². The van der Waals surface area contributed by atoms with Crippen molar-refractivity contribution in [2.75, 3.05) is 14.2 Å². The summed E-state index contributed by atoms with van der Waals surface area (Å²) < 4.78 is 10.3. The third kappa shape index (κ3) is 1.81. The van der Waals surface area contributed by atoms with Crippen LogP contribution in [0.15, 0.2) is 24.3 Å². The van der Waals surface area contributed by atoms with E-state index in [1.807, 2.05) is 0 Å². The zero-order chi connectivity index (χ0) is 13.1. The van der Waals surface area contributed by atoms with Crippen molar-refractivity contribution in [3.8, 4) is 23.6 Å². The van der Waals surface area contributed by atoms with Crippen LogP contribution in [0.3, 0.4) is 0 Å². The molecular weight excluding hydrogens is 228 g/mol. The highest BCUT2D eigenvalue weighted by atomic mass is 16.5. The molecule has 2 aromatic rings. The molecule has 0 saturated carbocycles. The topological polar surface area (TPSA) is 66.0 Å². The van der Waals surface area contributed by atoms with Crippen molar-refractivity contribution in [2.24, 2.45) is 0 Å². The first kappa shape index (κ1) is 11.8. The first-order valence-electron chi connectivity index (χ1n) is 5.23. The highest BCUT2D eigenvalue weighted by molar-refractivity contribution is 5.88. The Bertz CT molecular complexity index is 637. The number of nitriles is 2. The molecule has 0 saturated heterocycles. The van der Waals surface area contributed by atoms with E-state index in [4.69, 9.17) is 20.0 Å². The Morgan fingerprint density at radius 2 is 1.17 bits per heavy atom. The molecule has 0 bridgehead atoms. The maximum absolute atomic E-state index is 9.02. The number of nitrogens with zero attached hydrogens (tertiary/aromatic N) is 2. The zero-order valence-corrected chi connectivity index (χ0v) is 10.0. The summed E-state index contributed by atoms with van der Waals surface area (Å²) >= 11 is 0. The Morgan fingerprint density at radius 1 is 0.778 bits per heavy atom. The van der Waals surface area contributed by atoms with Crippen molar-refractivity contribution < 1.29 is 9.47 Å². The van der Waals surface area contributed by atoms with Crippen LogP contribution in [0, 0.1) is 22.7 Å². The van der Waals surface area contributed by atoms with Crippen molar-refractivity contribution in [2.45, 2.75) is 0 Å². The predicted molar refractivity (Wildman–Crippen MR) is 66.5 cm³/mol. The fraction of sp³-hybridized carbons (Fsp3) is 0.143. The second-order valence-corrected chi connectivity index (χ2v) is 3.68. The second-order valence-electron chi connectivity index (χ2n) is 3.68. The highest BCUT2D eigenvalue weighted by Crippen LogP contribution is 2.30. The Labute approximate surface area is 105 Å². The molecule has 4 heteroatoms. The Morgan fingerprint density at radius 3 is 1.50 bits per heavy atom. The average molecular weight is 238 g/mol. The van der Waals surface area contributed by atoms with Gasteiger partial charge in [0.1, 0.15) is 23.6 Å². The van der Waals surface area contributed by atoms with E-state index < -0.39 is 0 Å². The van der Waals surface area contributed by atoms with E-state index in [1.54, 1.807) is 24.3 Å². The summed E-state index contributed by atoms with van der Waals surface area (Å²) in [6.45, 7) is 0. The maximum Gasteiger partial charge on any atom is 0.137 e. The summed E-state index contributed by atoms with van der Waals surface area (Å²) in [5.74, 6) is 1.02. The summed E-state index contributed by atoms with van der Waals surface area (Å²) in [5.41, 5.74) is 0.887. The molecule has 0 aliphatic heterocycles. The van der Waals surface area contributed by atoms with Gasteiger partial charge in [-0.15, -0.1) is 0 Å². The number of methoxy groups -OCH3 is 2. The van der Waals surface area contributed by atoms with E-state index in [2.05, 4.69) is 12.1 Å². The maximum atomic E-state index is 9.02. The van der Waals surface area contributed by atoms with E-state index in [9.17, 15) is 0 Å². The number of fused-ring (bicyclic) bond motifs is 1. The fourth-order valence-electron chi connectivity index (χ4n) is 1.82.